The van der Waals surface area contributed by atoms with Crippen molar-refractivity contribution < 1.29 is 28.6 Å². The Morgan fingerprint density at radius 1 is 0.909 bits per heavy atom. The van der Waals surface area contributed by atoms with Gasteiger partial charge in [0.15, 0.2) is 5.60 Å². The van der Waals surface area contributed by atoms with Crippen molar-refractivity contribution in [2.45, 2.75) is 19.4 Å². The Bertz CT molecular complexity index is 1320. The molecule has 2 amide bonds. The molecule has 1 unspecified atom stereocenters. The fourth-order valence-electron chi connectivity index (χ4n) is 4.32. The molecule has 5 rings (SSSR count). The van der Waals surface area contributed by atoms with Crippen molar-refractivity contribution in [3.63, 3.8) is 0 Å². The van der Waals surface area contributed by atoms with E-state index in [2.05, 4.69) is 10.6 Å². The lowest BCUT2D eigenvalue weighted by Crippen LogP contribution is -2.33. The summed E-state index contributed by atoms with van der Waals surface area (Å²) in [5.74, 6) is 0.163. The topological polar surface area (TPSA) is 103 Å². The van der Waals surface area contributed by atoms with E-state index in [1.165, 1.54) is 6.92 Å². The van der Waals surface area contributed by atoms with Crippen LogP contribution in [-0.4, -0.2) is 24.6 Å². The van der Waals surface area contributed by atoms with Gasteiger partial charge in [0.25, 0.3) is 0 Å². The van der Waals surface area contributed by atoms with Crippen LogP contribution in [0.15, 0.2) is 60.7 Å². The van der Waals surface area contributed by atoms with E-state index in [0.29, 0.717) is 45.1 Å². The summed E-state index contributed by atoms with van der Waals surface area (Å²) in [6, 6.07) is 17.5. The van der Waals surface area contributed by atoms with E-state index in [1.54, 1.807) is 55.5 Å². The third-order valence-corrected chi connectivity index (χ3v) is 5.56. The average Bonchev–Trinajstić information content (AvgIpc) is 3.06. The summed E-state index contributed by atoms with van der Waals surface area (Å²) in [7, 11) is 0. The Hall–Kier alpha value is -4.33. The van der Waals surface area contributed by atoms with Gasteiger partial charge in [-0.2, -0.15) is 0 Å². The average molecular weight is 444 g/mol. The molecule has 0 aliphatic carbocycles. The molecule has 8 nitrogen and oxygen atoms in total. The van der Waals surface area contributed by atoms with Crippen LogP contribution in [0.2, 0.25) is 0 Å². The lowest BCUT2D eigenvalue weighted by molar-refractivity contribution is -0.114. The van der Waals surface area contributed by atoms with E-state index >= 15 is 0 Å². The fraction of sp³-hybridized carbons (Fsp3) is 0.160. The number of carbonyl (C=O) groups excluding carboxylic acids is 3. The first-order valence-electron chi connectivity index (χ1n) is 10.4. The zero-order chi connectivity index (χ0) is 23.2. The minimum atomic E-state index is -1.23. The number of nitrogens with one attached hydrogen (secondary N) is 2. The minimum Gasteiger partial charge on any atom is -0.456 e. The van der Waals surface area contributed by atoms with Crippen molar-refractivity contribution in [3.05, 3.63) is 82.9 Å². The van der Waals surface area contributed by atoms with Crippen molar-refractivity contribution in [2.24, 2.45) is 0 Å². The standard InChI is InChI=1S/C25H20N2O6/c1-3-31-24(30)27-16-9-11-20-22(13-16)32-21-12-15(26-14(2)28)8-10-19(21)25(20)18-7-5-4-6-17(18)23(29)33-25/h4-13H,3H2,1-2H3,(H,26,28)(H,27,30). The molecule has 0 saturated carbocycles. The summed E-state index contributed by atoms with van der Waals surface area (Å²) in [5, 5.41) is 5.39. The second-order valence-corrected chi connectivity index (χ2v) is 7.67. The van der Waals surface area contributed by atoms with Crippen LogP contribution < -0.4 is 15.4 Å². The van der Waals surface area contributed by atoms with Gasteiger partial charge in [-0.1, -0.05) is 18.2 Å². The van der Waals surface area contributed by atoms with Crippen molar-refractivity contribution in [2.75, 3.05) is 17.2 Å². The van der Waals surface area contributed by atoms with Gasteiger partial charge >= 0.3 is 12.1 Å². The summed E-state index contributed by atoms with van der Waals surface area (Å²) in [4.78, 5) is 36.3. The highest BCUT2D eigenvalue weighted by atomic mass is 16.6. The molecule has 0 fully saturated rings. The van der Waals surface area contributed by atoms with Gasteiger partial charge < -0.3 is 19.5 Å². The molecule has 2 aliphatic rings. The monoisotopic (exact) mass is 444 g/mol. The Morgan fingerprint density at radius 3 is 2.18 bits per heavy atom. The van der Waals surface area contributed by atoms with E-state index in [1.807, 2.05) is 12.1 Å². The normalized spacial score (nSPS) is 17.2. The second kappa shape index (κ2) is 7.67. The third-order valence-electron chi connectivity index (χ3n) is 5.56. The van der Waals surface area contributed by atoms with Crippen LogP contribution in [0.5, 0.6) is 11.5 Å². The predicted octanol–water partition coefficient (Wildman–Crippen LogP) is 4.78. The molecule has 2 N–H and O–H groups in total. The van der Waals surface area contributed by atoms with Crippen LogP contribution in [0, 0.1) is 0 Å². The Kier molecular flexibility index (Phi) is 4.78. The zero-order valence-corrected chi connectivity index (χ0v) is 17.9. The maximum absolute atomic E-state index is 12.9. The summed E-state index contributed by atoms with van der Waals surface area (Å²) < 4.78 is 17.2. The number of benzene rings is 3. The number of carbonyl (C=O) groups is 3. The second-order valence-electron chi connectivity index (χ2n) is 7.67. The zero-order valence-electron chi connectivity index (χ0n) is 17.9. The molecule has 8 heteroatoms. The van der Waals surface area contributed by atoms with E-state index in [9.17, 15) is 14.4 Å². The van der Waals surface area contributed by atoms with Gasteiger partial charge in [0.1, 0.15) is 11.5 Å². The SMILES string of the molecule is CCOC(=O)Nc1ccc2c(c1)Oc1cc(NC(C)=O)ccc1C21OC(=O)c2ccccc21. The Balaban J connectivity index is 1.70. The maximum Gasteiger partial charge on any atom is 0.411 e. The number of hydrogen-bond acceptors (Lipinski definition) is 6. The van der Waals surface area contributed by atoms with Crippen LogP contribution in [0.3, 0.4) is 0 Å². The number of fused-ring (bicyclic) bond motifs is 6. The quantitative estimate of drug-likeness (QED) is 0.564. The van der Waals surface area contributed by atoms with Crippen LogP contribution in [0.25, 0.3) is 0 Å². The highest BCUT2D eigenvalue weighted by Crippen LogP contribution is 2.56. The molecule has 0 saturated heterocycles. The van der Waals surface area contributed by atoms with Gasteiger partial charge in [-0.05, 0) is 37.3 Å². The van der Waals surface area contributed by atoms with Gasteiger partial charge in [0, 0.05) is 47.1 Å². The number of amides is 2. The van der Waals surface area contributed by atoms with Gasteiger partial charge in [0.2, 0.25) is 5.91 Å². The maximum atomic E-state index is 12.9. The molecule has 3 aromatic rings. The lowest BCUT2D eigenvalue weighted by atomic mass is 9.77. The van der Waals surface area contributed by atoms with E-state index < -0.39 is 17.7 Å². The van der Waals surface area contributed by atoms with Gasteiger partial charge in [-0.15, -0.1) is 0 Å². The molecule has 0 aromatic heterocycles. The predicted molar refractivity (Wildman–Crippen MR) is 120 cm³/mol. The third kappa shape index (κ3) is 3.27. The summed E-state index contributed by atoms with van der Waals surface area (Å²) in [6.07, 6.45) is -0.589. The number of ether oxygens (including phenoxy) is 3. The number of hydrogen-bond donors (Lipinski definition) is 2. The molecule has 1 atom stereocenters. The molecule has 0 radical (unpaired) electrons. The van der Waals surface area contributed by atoms with Gasteiger partial charge in [0.05, 0.1) is 12.2 Å². The highest BCUT2D eigenvalue weighted by molar-refractivity contribution is 5.97. The number of rotatable bonds is 3. The fourth-order valence-corrected chi connectivity index (χ4v) is 4.32. The molecular weight excluding hydrogens is 424 g/mol. The van der Waals surface area contributed by atoms with E-state index in [-0.39, 0.29) is 12.5 Å². The molecular formula is C25H20N2O6. The molecule has 3 aromatic carbocycles. The summed E-state index contributed by atoms with van der Waals surface area (Å²) >= 11 is 0. The van der Waals surface area contributed by atoms with Crippen molar-refractivity contribution in [1.29, 1.82) is 0 Å². The first kappa shape index (κ1) is 20.6. The molecule has 166 valence electrons. The molecule has 0 bridgehead atoms. The molecule has 1 spiro atoms. The Labute approximate surface area is 189 Å². The van der Waals surface area contributed by atoms with Crippen molar-refractivity contribution in [1.82, 2.24) is 0 Å². The van der Waals surface area contributed by atoms with Crippen LogP contribution in [0.4, 0.5) is 16.2 Å². The van der Waals surface area contributed by atoms with E-state index in [0.717, 1.165) is 0 Å². The molecule has 2 aliphatic heterocycles. The Morgan fingerprint density at radius 2 is 1.55 bits per heavy atom. The lowest BCUT2D eigenvalue weighted by Gasteiger charge is -2.36. The smallest absolute Gasteiger partial charge is 0.411 e. The largest absolute Gasteiger partial charge is 0.456 e. The van der Waals surface area contributed by atoms with Crippen LogP contribution in [0.1, 0.15) is 40.9 Å². The highest BCUT2D eigenvalue weighted by Gasteiger charge is 2.53. The first-order valence-corrected chi connectivity index (χ1v) is 10.4. The van der Waals surface area contributed by atoms with Crippen molar-refractivity contribution in [3.8, 4) is 11.5 Å². The van der Waals surface area contributed by atoms with Gasteiger partial charge in [-0.3, -0.25) is 10.1 Å². The van der Waals surface area contributed by atoms with Crippen LogP contribution in [-0.2, 0) is 19.9 Å². The summed E-state index contributed by atoms with van der Waals surface area (Å²) in [6.45, 7) is 3.37. The minimum absolute atomic E-state index is 0.223. The van der Waals surface area contributed by atoms with E-state index in [4.69, 9.17) is 14.2 Å². The molecule has 2 heterocycles. The van der Waals surface area contributed by atoms with Crippen molar-refractivity contribution >= 4 is 29.3 Å². The molecule has 33 heavy (non-hydrogen) atoms. The first-order chi connectivity index (χ1) is 15.9. The van der Waals surface area contributed by atoms with Crippen LogP contribution >= 0.6 is 0 Å². The number of esters is 1. The number of anilines is 2. The van der Waals surface area contributed by atoms with Gasteiger partial charge in [-0.25, -0.2) is 9.59 Å². The summed E-state index contributed by atoms with van der Waals surface area (Å²) in [5.41, 5.74) is 2.19.